The van der Waals surface area contributed by atoms with Gasteiger partial charge < -0.3 is 4.74 Å². The fourth-order valence-corrected chi connectivity index (χ4v) is 1.57. The van der Waals surface area contributed by atoms with Crippen LogP contribution in [0.3, 0.4) is 0 Å². The van der Waals surface area contributed by atoms with Gasteiger partial charge in [0.15, 0.2) is 0 Å². The largest absolute Gasteiger partial charge is 0.369 e. The zero-order valence-electron chi connectivity index (χ0n) is 7.45. The van der Waals surface area contributed by atoms with E-state index in [9.17, 15) is 0 Å². The third-order valence-corrected chi connectivity index (χ3v) is 2.59. The third-order valence-electron chi connectivity index (χ3n) is 1.72. The van der Waals surface area contributed by atoms with Crippen molar-refractivity contribution < 1.29 is 4.74 Å². The number of alkyl halides is 1. The van der Waals surface area contributed by atoms with E-state index in [0.717, 1.165) is 4.43 Å². The van der Waals surface area contributed by atoms with Crippen molar-refractivity contribution in [2.75, 3.05) is 4.43 Å². The van der Waals surface area contributed by atoms with Crippen LogP contribution in [0.5, 0.6) is 0 Å². The van der Waals surface area contributed by atoms with Crippen LogP contribution in [0.2, 0.25) is 0 Å². The minimum Gasteiger partial charge on any atom is -0.369 e. The lowest BCUT2D eigenvalue weighted by Crippen LogP contribution is -2.10. The van der Waals surface area contributed by atoms with Gasteiger partial charge in [-0.1, -0.05) is 59.0 Å². The van der Waals surface area contributed by atoms with E-state index in [1.54, 1.807) is 0 Å². The Balaban J connectivity index is 2.38. The molecule has 0 aliphatic carbocycles. The highest BCUT2D eigenvalue weighted by atomic mass is 127. The lowest BCUT2D eigenvalue weighted by molar-refractivity contribution is 0.0890. The Hall–Kier alpha value is -0.350. The Labute approximate surface area is 92.9 Å². The molecule has 0 spiro atoms. The first-order chi connectivity index (χ1) is 6.36. The lowest BCUT2D eigenvalue weighted by Gasteiger charge is -2.10. The summed E-state index contributed by atoms with van der Waals surface area (Å²) in [5, 5.41) is 0. The summed E-state index contributed by atoms with van der Waals surface area (Å²) in [5.41, 5.74) is 1.21. The van der Waals surface area contributed by atoms with Gasteiger partial charge in [-0.2, -0.15) is 0 Å². The minimum atomic E-state index is 0.167. The predicted molar refractivity (Wildman–Crippen MR) is 64.1 cm³/mol. The monoisotopic (exact) mass is 288 g/mol. The summed E-state index contributed by atoms with van der Waals surface area (Å²) < 4.78 is 6.55. The van der Waals surface area contributed by atoms with Crippen LogP contribution >= 0.6 is 22.6 Å². The Kier molecular flexibility index (Phi) is 5.08. The topological polar surface area (TPSA) is 9.23 Å². The van der Waals surface area contributed by atoms with Crippen LogP contribution in [0.15, 0.2) is 43.0 Å². The van der Waals surface area contributed by atoms with Gasteiger partial charge >= 0.3 is 0 Å². The van der Waals surface area contributed by atoms with E-state index < -0.39 is 0 Å². The van der Waals surface area contributed by atoms with Crippen molar-refractivity contribution in [1.29, 1.82) is 0 Å². The molecule has 1 rings (SSSR count). The van der Waals surface area contributed by atoms with Crippen LogP contribution in [-0.4, -0.2) is 10.5 Å². The van der Waals surface area contributed by atoms with Crippen LogP contribution in [0.4, 0.5) is 0 Å². The molecule has 0 N–H and O–H groups in total. The number of rotatable bonds is 5. The summed E-state index contributed by atoms with van der Waals surface area (Å²) in [5.74, 6) is 0. The molecule has 0 aliphatic rings. The SMILES string of the molecule is C=CC(CI)OCc1ccccc1. The van der Waals surface area contributed by atoms with Gasteiger partial charge in [0.1, 0.15) is 0 Å². The summed E-state index contributed by atoms with van der Waals surface area (Å²) in [6.07, 6.45) is 2.01. The average molecular weight is 288 g/mol. The summed E-state index contributed by atoms with van der Waals surface area (Å²) in [4.78, 5) is 0. The van der Waals surface area contributed by atoms with Crippen molar-refractivity contribution in [3.63, 3.8) is 0 Å². The molecule has 0 aromatic heterocycles. The summed E-state index contributed by atoms with van der Waals surface area (Å²) in [6.45, 7) is 4.38. The van der Waals surface area contributed by atoms with Crippen LogP contribution in [0.25, 0.3) is 0 Å². The normalized spacial score (nSPS) is 12.4. The maximum atomic E-state index is 5.60. The first kappa shape index (κ1) is 10.7. The molecule has 1 unspecified atom stereocenters. The molecule has 0 bridgehead atoms. The molecule has 0 amide bonds. The van der Waals surface area contributed by atoms with Crippen molar-refractivity contribution in [3.8, 4) is 0 Å². The van der Waals surface area contributed by atoms with Crippen LogP contribution < -0.4 is 0 Å². The second-order valence-corrected chi connectivity index (χ2v) is 3.61. The van der Waals surface area contributed by atoms with Gasteiger partial charge in [0.25, 0.3) is 0 Å². The van der Waals surface area contributed by atoms with Crippen molar-refractivity contribution in [2.45, 2.75) is 12.7 Å². The lowest BCUT2D eigenvalue weighted by atomic mass is 10.2. The second kappa shape index (κ2) is 6.16. The van der Waals surface area contributed by atoms with Crippen molar-refractivity contribution in [2.24, 2.45) is 0 Å². The molecule has 70 valence electrons. The highest BCUT2D eigenvalue weighted by Gasteiger charge is 2.01. The van der Waals surface area contributed by atoms with Crippen molar-refractivity contribution >= 4 is 22.6 Å². The second-order valence-electron chi connectivity index (χ2n) is 2.73. The Morgan fingerprint density at radius 2 is 2.08 bits per heavy atom. The number of ether oxygens (including phenoxy) is 1. The van der Waals surface area contributed by atoms with Crippen LogP contribution in [0, 0.1) is 0 Å². The Bertz CT molecular complexity index is 246. The van der Waals surface area contributed by atoms with Crippen LogP contribution in [0.1, 0.15) is 5.56 Å². The molecule has 0 saturated carbocycles. The molecule has 2 heteroatoms. The third kappa shape index (κ3) is 3.91. The fourth-order valence-electron chi connectivity index (χ4n) is 0.953. The molecule has 13 heavy (non-hydrogen) atoms. The first-order valence-corrected chi connectivity index (χ1v) is 5.73. The van der Waals surface area contributed by atoms with Crippen molar-refractivity contribution in [3.05, 3.63) is 48.6 Å². The first-order valence-electron chi connectivity index (χ1n) is 4.21. The minimum absolute atomic E-state index is 0.167. The van der Waals surface area contributed by atoms with Gasteiger partial charge in [-0.05, 0) is 5.56 Å². The predicted octanol–water partition coefficient (Wildman–Crippen LogP) is 3.19. The van der Waals surface area contributed by atoms with Gasteiger partial charge in [0, 0.05) is 4.43 Å². The number of hydrogen-bond acceptors (Lipinski definition) is 1. The van der Waals surface area contributed by atoms with Gasteiger partial charge in [-0.25, -0.2) is 0 Å². The van der Waals surface area contributed by atoms with E-state index in [2.05, 4.69) is 41.3 Å². The van der Waals surface area contributed by atoms with E-state index in [1.807, 2.05) is 24.3 Å². The summed E-state index contributed by atoms with van der Waals surface area (Å²) >= 11 is 2.30. The maximum Gasteiger partial charge on any atom is 0.0847 e. The zero-order valence-corrected chi connectivity index (χ0v) is 9.61. The van der Waals surface area contributed by atoms with E-state index in [1.165, 1.54) is 5.56 Å². The molecule has 1 aromatic carbocycles. The number of halogens is 1. The fraction of sp³-hybridized carbons (Fsp3) is 0.273. The van der Waals surface area contributed by atoms with E-state index >= 15 is 0 Å². The number of hydrogen-bond donors (Lipinski definition) is 0. The van der Waals surface area contributed by atoms with Crippen molar-refractivity contribution in [1.82, 2.24) is 0 Å². The zero-order chi connectivity index (χ0) is 9.52. The molecule has 0 heterocycles. The summed E-state index contributed by atoms with van der Waals surface area (Å²) in [7, 11) is 0. The molecule has 1 aromatic rings. The molecule has 1 nitrogen and oxygen atoms in total. The smallest absolute Gasteiger partial charge is 0.0847 e. The van der Waals surface area contributed by atoms with E-state index in [-0.39, 0.29) is 6.10 Å². The summed E-state index contributed by atoms with van der Waals surface area (Å²) in [6, 6.07) is 10.2. The number of benzene rings is 1. The molecule has 0 fully saturated rings. The van der Waals surface area contributed by atoms with Gasteiger partial charge in [0.2, 0.25) is 0 Å². The Morgan fingerprint density at radius 1 is 1.38 bits per heavy atom. The standard InChI is InChI=1S/C11H13IO/c1-2-11(8-12)13-9-10-6-4-3-5-7-10/h2-7,11H,1,8-9H2. The van der Waals surface area contributed by atoms with Crippen LogP contribution in [-0.2, 0) is 11.3 Å². The molecule has 0 aliphatic heterocycles. The quantitative estimate of drug-likeness (QED) is 0.459. The maximum absolute atomic E-state index is 5.60. The van der Waals surface area contributed by atoms with E-state index in [0.29, 0.717) is 6.61 Å². The van der Waals surface area contributed by atoms with E-state index in [4.69, 9.17) is 4.74 Å². The van der Waals surface area contributed by atoms with Gasteiger partial charge in [-0.15, -0.1) is 6.58 Å². The average Bonchev–Trinajstić information content (AvgIpc) is 2.21. The molecule has 0 radical (unpaired) electrons. The Morgan fingerprint density at radius 3 is 2.62 bits per heavy atom. The van der Waals surface area contributed by atoms with Gasteiger partial charge in [-0.3, -0.25) is 0 Å². The molecule has 1 atom stereocenters. The van der Waals surface area contributed by atoms with Gasteiger partial charge in [0.05, 0.1) is 12.7 Å². The molecular weight excluding hydrogens is 275 g/mol. The highest BCUT2D eigenvalue weighted by molar-refractivity contribution is 14.1. The highest BCUT2D eigenvalue weighted by Crippen LogP contribution is 2.05. The molecule has 0 saturated heterocycles. The molecular formula is C11H13IO.